The summed E-state index contributed by atoms with van der Waals surface area (Å²) in [6.45, 7) is 2.14. The van der Waals surface area contributed by atoms with Crippen molar-refractivity contribution in [3.05, 3.63) is 53.3 Å². The van der Waals surface area contributed by atoms with Crippen LogP contribution < -0.4 is 9.80 Å². The van der Waals surface area contributed by atoms with Crippen LogP contribution in [0.1, 0.15) is 12.2 Å². The first kappa shape index (κ1) is 19.7. The number of hydrogen-bond acceptors (Lipinski definition) is 8. The Morgan fingerprint density at radius 1 is 0.935 bits per heavy atom. The van der Waals surface area contributed by atoms with E-state index >= 15 is 0 Å². The molecule has 31 heavy (non-hydrogen) atoms. The second kappa shape index (κ2) is 8.12. The van der Waals surface area contributed by atoms with Crippen LogP contribution in [-0.4, -0.2) is 55.0 Å². The molecule has 4 heterocycles. The summed E-state index contributed by atoms with van der Waals surface area (Å²) in [7, 11) is -1.22. The van der Waals surface area contributed by atoms with Crippen molar-refractivity contribution in [2.24, 2.45) is 0 Å². The monoisotopic (exact) mass is 445 g/mol. The number of morpholine rings is 1. The molecule has 0 bridgehead atoms. The topological polar surface area (TPSA) is 89.3 Å². The van der Waals surface area contributed by atoms with Crippen LogP contribution in [0.15, 0.2) is 47.5 Å². The van der Waals surface area contributed by atoms with Crippen LogP contribution in [0.4, 0.5) is 20.7 Å². The molecule has 0 N–H and O–H groups in total. The molecule has 12 heteroatoms. The molecule has 0 unspecified atom stereocenters. The summed E-state index contributed by atoms with van der Waals surface area (Å²) in [5.74, 6) is 0.143. The van der Waals surface area contributed by atoms with Crippen LogP contribution in [0.2, 0.25) is 0 Å². The minimum absolute atomic E-state index is 0.0315. The van der Waals surface area contributed by atoms with Gasteiger partial charge in [0.2, 0.25) is 17.8 Å². The molecule has 3 aromatic rings. The Balaban J connectivity index is 1.70. The van der Waals surface area contributed by atoms with E-state index in [9.17, 15) is 13.0 Å². The maximum atomic E-state index is 13.9. The molecular weight excluding hydrogens is 428 g/mol. The van der Waals surface area contributed by atoms with Crippen molar-refractivity contribution in [1.29, 1.82) is 0 Å². The summed E-state index contributed by atoms with van der Waals surface area (Å²) in [6, 6.07) is 6.83. The standard InChI is InChI=1S/C19H17F2N7O2S/c20-15(21)16-22-13-3-1-2-4-14(13)28(16)19-24-17(26-5-9-30-10-6-26)23-18(25-19)27-7-11-31(29)12-8-27/h1-4,7-8,11-12,15H,5-6,9-10H2. The summed E-state index contributed by atoms with van der Waals surface area (Å²) < 4.78 is 46.0. The minimum atomic E-state index is -2.82. The smallest absolute Gasteiger partial charge is 0.296 e. The summed E-state index contributed by atoms with van der Waals surface area (Å²) >= 11 is 0. The molecule has 2 aliphatic heterocycles. The van der Waals surface area contributed by atoms with Gasteiger partial charge in [0.15, 0.2) is 5.82 Å². The van der Waals surface area contributed by atoms with Gasteiger partial charge in [-0.25, -0.2) is 13.8 Å². The molecule has 2 aliphatic rings. The van der Waals surface area contributed by atoms with Gasteiger partial charge in [0.1, 0.15) is 0 Å². The fourth-order valence-electron chi connectivity index (χ4n) is 3.34. The molecule has 2 aromatic heterocycles. The van der Waals surface area contributed by atoms with Crippen molar-refractivity contribution in [3.63, 3.8) is 0 Å². The SMILES string of the molecule is O=S1C=CN(c2nc(N3CCOCC3)nc(-n3c(C(F)F)nc4ccccc43)n2)C=C1. The number of nitrogens with zero attached hydrogens (tertiary/aromatic N) is 7. The second-order valence-electron chi connectivity index (χ2n) is 6.74. The Kier molecular flexibility index (Phi) is 5.16. The molecule has 0 radical (unpaired) electrons. The number of alkyl halides is 2. The van der Waals surface area contributed by atoms with Crippen molar-refractivity contribution < 1.29 is 17.7 Å². The lowest BCUT2D eigenvalue weighted by atomic mass is 10.3. The molecule has 1 aromatic carbocycles. The normalized spacial score (nSPS) is 17.3. The molecule has 0 amide bonds. The molecule has 0 aliphatic carbocycles. The molecule has 1 fully saturated rings. The lowest BCUT2D eigenvalue weighted by Gasteiger charge is -2.28. The van der Waals surface area contributed by atoms with Gasteiger partial charge >= 0.3 is 0 Å². The summed E-state index contributed by atoms with van der Waals surface area (Å²) in [5.41, 5.74) is 0.884. The van der Waals surface area contributed by atoms with E-state index in [-0.39, 0.29) is 11.9 Å². The van der Waals surface area contributed by atoms with E-state index in [1.165, 1.54) is 15.4 Å². The lowest BCUT2D eigenvalue weighted by Crippen LogP contribution is -2.38. The van der Waals surface area contributed by atoms with Crippen molar-refractivity contribution in [2.45, 2.75) is 6.43 Å². The van der Waals surface area contributed by atoms with E-state index < -0.39 is 23.0 Å². The maximum absolute atomic E-state index is 13.9. The van der Waals surface area contributed by atoms with Gasteiger partial charge in [-0.1, -0.05) is 12.1 Å². The van der Waals surface area contributed by atoms with Crippen LogP contribution in [0.3, 0.4) is 0 Å². The average molecular weight is 445 g/mol. The first-order chi connectivity index (χ1) is 15.1. The highest BCUT2D eigenvalue weighted by atomic mass is 32.2. The van der Waals surface area contributed by atoms with Gasteiger partial charge in [0.05, 0.1) is 35.0 Å². The summed E-state index contributed by atoms with van der Waals surface area (Å²) in [6.07, 6.45) is 0.313. The van der Waals surface area contributed by atoms with E-state index in [0.717, 1.165) is 0 Å². The van der Waals surface area contributed by atoms with Crippen molar-refractivity contribution in [1.82, 2.24) is 24.5 Å². The van der Waals surface area contributed by atoms with Gasteiger partial charge in [-0.05, 0) is 12.1 Å². The highest BCUT2D eigenvalue weighted by Crippen LogP contribution is 2.28. The predicted molar refractivity (Wildman–Crippen MR) is 111 cm³/mol. The zero-order valence-electron chi connectivity index (χ0n) is 16.1. The quantitative estimate of drug-likeness (QED) is 0.605. The Morgan fingerprint density at radius 2 is 1.61 bits per heavy atom. The highest BCUT2D eigenvalue weighted by Gasteiger charge is 2.25. The van der Waals surface area contributed by atoms with E-state index in [0.29, 0.717) is 43.3 Å². The first-order valence-corrected chi connectivity index (χ1v) is 10.8. The number of halogens is 2. The zero-order chi connectivity index (χ0) is 21.4. The van der Waals surface area contributed by atoms with Gasteiger partial charge in [-0.3, -0.25) is 13.7 Å². The molecule has 0 atom stereocenters. The number of rotatable bonds is 4. The third-order valence-electron chi connectivity index (χ3n) is 4.82. The summed E-state index contributed by atoms with van der Waals surface area (Å²) in [4.78, 5) is 21.0. The first-order valence-electron chi connectivity index (χ1n) is 9.49. The van der Waals surface area contributed by atoms with Gasteiger partial charge < -0.3 is 9.64 Å². The van der Waals surface area contributed by atoms with Gasteiger partial charge in [0.25, 0.3) is 6.43 Å². The number of ether oxygens (including phenoxy) is 1. The summed E-state index contributed by atoms with van der Waals surface area (Å²) in [5, 5.41) is 2.96. The number of hydrogen-bond donors (Lipinski definition) is 0. The number of para-hydroxylation sites is 2. The fraction of sp³-hybridized carbons (Fsp3) is 0.263. The van der Waals surface area contributed by atoms with Crippen LogP contribution in [0.25, 0.3) is 17.0 Å². The van der Waals surface area contributed by atoms with E-state index in [1.807, 2.05) is 4.90 Å². The van der Waals surface area contributed by atoms with Crippen LogP contribution >= 0.6 is 0 Å². The van der Waals surface area contributed by atoms with E-state index in [1.54, 1.807) is 41.6 Å². The minimum Gasteiger partial charge on any atom is -0.378 e. The van der Waals surface area contributed by atoms with Crippen LogP contribution in [0.5, 0.6) is 0 Å². The van der Waals surface area contributed by atoms with Crippen LogP contribution in [0, 0.1) is 0 Å². The van der Waals surface area contributed by atoms with Crippen molar-refractivity contribution in [2.75, 3.05) is 36.1 Å². The Labute approximate surface area is 178 Å². The molecular formula is C19H17F2N7O2S. The molecule has 160 valence electrons. The van der Waals surface area contributed by atoms with E-state index in [2.05, 4.69) is 19.9 Å². The largest absolute Gasteiger partial charge is 0.378 e. The van der Waals surface area contributed by atoms with Crippen LogP contribution in [-0.2, 0) is 15.5 Å². The molecule has 5 rings (SSSR count). The Hall–Kier alpha value is -3.25. The molecule has 1 saturated heterocycles. The average Bonchev–Trinajstić information content (AvgIpc) is 3.20. The number of fused-ring (bicyclic) bond motifs is 1. The fourth-order valence-corrected chi connectivity index (χ4v) is 3.94. The predicted octanol–water partition coefficient (Wildman–Crippen LogP) is 2.50. The second-order valence-corrected chi connectivity index (χ2v) is 7.94. The molecule has 9 nitrogen and oxygen atoms in total. The van der Waals surface area contributed by atoms with Crippen molar-refractivity contribution >= 4 is 33.7 Å². The number of aromatic nitrogens is 5. The van der Waals surface area contributed by atoms with Gasteiger partial charge in [-0.2, -0.15) is 15.0 Å². The third-order valence-corrected chi connectivity index (χ3v) is 5.60. The number of benzene rings is 1. The molecule has 0 saturated carbocycles. The maximum Gasteiger partial charge on any atom is 0.296 e. The van der Waals surface area contributed by atoms with E-state index in [4.69, 9.17) is 4.74 Å². The number of imidazole rings is 1. The highest BCUT2D eigenvalue weighted by molar-refractivity contribution is 7.90. The Bertz CT molecular complexity index is 1190. The zero-order valence-corrected chi connectivity index (χ0v) is 17.0. The number of anilines is 2. The van der Waals surface area contributed by atoms with Gasteiger partial charge in [-0.15, -0.1) is 0 Å². The van der Waals surface area contributed by atoms with Gasteiger partial charge in [0, 0.05) is 36.3 Å². The van der Waals surface area contributed by atoms with Crippen molar-refractivity contribution in [3.8, 4) is 5.95 Å². The lowest BCUT2D eigenvalue weighted by molar-refractivity contribution is 0.122. The third kappa shape index (κ3) is 3.79. The Morgan fingerprint density at radius 3 is 2.35 bits per heavy atom. The molecule has 0 spiro atoms.